The number of methoxy groups -OCH3 is 1. The van der Waals surface area contributed by atoms with Gasteiger partial charge in [-0.05, 0) is 24.3 Å². The molecule has 0 saturated carbocycles. The lowest BCUT2D eigenvalue weighted by Crippen LogP contribution is -2.61. The molecule has 1 atom stereocenters. The van der Waals surface area contributed by atoms with Crippen LogP contribution < -0.4 is 15.4 Å². The Kier molecular flexibility index (Phi) is 6.66. The number of nitrogens with zero attached hydrogens (tertiary/aromatic N) is 2. The van der Waals surface area contributed by atoms with E-state index >= 15 is 0 Å². The molecule has 2 aliphatic rings. The lowest BCUT2D eigenvalue weighted by molar-refractivity contribution is -0.151. The Labute approximate surface area is 194 Å². The summed E-state index contributed by atoms with van der Waals surface area (Å²) in [4.78, 5) is 41.1. The molecule has 0 radical (unpaired) electrons. The highest BCUT2D eigenvalue weighted by molar-refractivity contribution is 6.34. The number of piperazine rings is 1. The fraction of sp³-hybridized carbons (Fsp3) is 0.318. The number of hydrogen-bond donors (Lipinski definition) is 2. The molecule has 4 amide bonds. The first-order valence-corrected chi connectivity index (χ1v) is 10.6. The van der Waals surface area contributed by atoms with Crippen molar-refractivity contribution in [3.63, 3.8) is 0 Å². The number of morpholine rings is 1. The van der Waals surface area contributed by atoms with E-state index in [0.717, 1.165) is 0 Å². The van der Waals surface area contributed by atoms with Crippen molar-refractivity contribution in [1.29, 1.82) is 0 Å². The Morgan fingerprint density at radius 3 is 2.67 bits per heavy atom. The monoisotopic (exact) mass is 476 g/mol. The van der Waals surface area contributed by atoms with Crippen LogP contribution in [-0.2, 0) is 9.53 Å². The fourth-order valence-corrected chi connectivity index (χ4v) is 4.12. The van der Waals surface area contributed by atoms with Gasteiger partial charge in [-0.2, -0.15) is 0 Å². The number of ether oxygens (including phenoxy) is 2. The summed E-state index contributed by atoms with van der Waals surface area (Å²) in [6.45, 7) is 1.58. The zero-order valence-electron chi connectivity index (χ0n) is 17.8. The number of amides is 4. The van der Waals surface area contributed by atoms with Gasteiger partial charge in [0.05, 0.1) is 41.7 Å². The summed E-state index contributed by atoms with van der Waals surface area (Å²) in [5.74, 6) is -0.848. The number of halogens is 2. The van der Waals surface area contributed by atoms with Crippen LogP contribution >= 0.6 is 11.6 Å². The molecule has 33 heavy (non-hydrogen) atoms. The maximum absolute atomic E-state index is 13.6. The summed E-state index contributed by atoms with van der Waals surface area (Å²) in [5, 5.41) is 4.87. The van der Waals surface area contributed by atoms with Gasteiger partial charge in [0.25, 0.3) is 5.91 Å². The molecule has 174 valence electrons. The summed E-state index contributed by atoms with van der Waals surface area (Å²) in [6.07, 6.45) is 0. The smallest absolute Gasteiger partial charge is 0.323 e. The van der Waals surface area contributed by atoms with E-state index in [1.807, 2.05) is 0 Å². The molecule has 2 fully saturated rings. The van der Waals surface area contributed by atoms with E-state index in [1.54, 1.807) is 28.0 Å². The van der Waals surface area contributed by atoms with Gasteiger partial charge in [-0.3, -0.25) is 9.59 Å². The van der Waals surface area contributed by atoms with Crippen LogP contribution in [-0.4, -0.2) is 73.6 Å². The zero-order chi connectivity index (χ0) is 23.5. The van der Waals surface area contributed by atoms with Crippen LogP contribution in [0.25, 0.3) is 0 Å². The number of carbonyl (C=O) groups is 3. The third-order valence-electron chi connectivity index (χ3n) is 5.52. The highest BCUT2D eigenvalue weighted by Crippen LogP contribution is 2.31. The van der Waals surface area contributed by atoms with Crippen LogP contribution in [0.3, 0.4) is 0 Å². The second-order valence-corrected chi connectivity index (χ2v) is 7.95. The summed E-state index contributed by atoms with van der Waals surface area (Å²) < 4.78 is 24.4. The first-order valence-electron chi connectivity index (χ1n) is 10.2. The van der Waals surface area contributed by atoms with Crippen molar-refractivity contribution in [2.45, 2.75) is 6.04 Å². The van der Waals surface area contributed by atoms with Crippen molar-refractivity contribution in [1.82, 2.24) is 9.80 Å². The van der Waals surface area contributed by atoms with E-state index < -0.39 is 11.8 Å². The minimum absolute atomic E-state index is 0.0644. The molecule has 11 heteroatoms. The fourth-order valence-electron chi connectivity index (χ4n) is 3.95. The number of urea groups is 1. The van der Waals surface area contributed by atoms with Crippen LogP contribution in [0.15, 0.2) is 36.4 Å². The molecule has 2 heterocycles. The molecule has 2 aromatic rings. The first-order chi connectivity index (χ1) is 15.9. The van der Waals surface area contributed by atoms with Gasteiger partial charge in [0.15, 0.2) is 5.75 Å². The number of para-hydroxylation sites is 1. The Balaban J connectivity index is 1.50. The number of hydrogen-bond acceptors (Lipinski definition) is 5. The van der Waals surface area contributed by atoms with Crippen LogP contribution in [0, 0.1) is 5.82 Å². The molecule has 4 rings (SSSR count). The number of nitrogens with one attached hydrogen (secondary N) is 2. The van der Waals surface area contributed by atoms with Crippen molar-refractivity contribution in [3.8, 4) is 5.75 Å². The number of anilines is 2. The van der Waals surface area contributed by atoms with Gasteiger partial charge in [-0.1, -0.05) is 23.7 Å². The van der Waals surface area contributed by atoms with Gasteiger partial charge in [0.2, 0.25) is 5.91 Å². The van der Waals surface area contributed by atoms with Crippen molar-refractivity contribution in [3.05, 3.63) is 52.8 Å². The second kappa shape index (κ2) is 9.63. The summed E-state index contributed by atoms with van der Waals surface area (Å²) in [5.41, 5.74) is 0.612. The average molecular weight is 477 g/mol. The van der Waals surface area contributed by atoms with Crippen LogP contribution in [0.2, 0.25) is 5.02 Å². The number of benzene rings is 2. The summed E-state index contributed by atoms with van der Waals surface area (Å²) >= 11 is 5.88. The first kappa shape index (κ1) is 22.8. The van der Waals surface area contributed by atoms with Gasteiger partial charge >= 0.3 is 6.03 Å². The van der Waals surface area contributed by atoms with Crippen molar-refractivity contribution >= 4 is 40.8 Å². The molecule has 2 aromatic carbocycles. The molecule has 9 nitrogen and oxygen atoms in total. The van der Waals surface area contributed by atoms with Gasteiger partial charge in [0, 0.05) is 19.6 Å². The molecule has 0 aromatic heterocycles. The Hall–Kier alpha value is -3.37. The van der Waals surface area contributed by atoms with Crippen molar-refractivity contribution < 1.29 is 28.2 Å². The number of fused-ring (bicyclic) bond motifs is 1. The van der Waals surface area contributed by atoms with Gasteiger partial charge in [0.1, 0.15) is 12.4 Å². The molecule has 0 unspecified atom stereocenters. The normalized spacial score (nSPS) is 17.9. The lowest BCUT2D eigenvalue weighted by Gasteiger charge is -2.43. The van der Waals surface area contributed by atoms with E-state index in [2.05, 4.69) is 10.6 Å². The highest BCUT2D eigenvalue weighted by Gasteiger charge is 2.36. The third-order valence-corrected chi connectivity index (χ3v) is 5.91. The summed E-state index contributed by atoms with van der Waals surface area (Å²) in [6, 6.07) is 7.97. The second-order valence-electron chi connectivity index (χ2n) is 7.57. The van der Waals surface area contributed by atoms with Gasteiger partial charge in [-0.15, -0.1) is 0 Å². The topological polar surface area (TPSA) is 100 Å². The predicted octanol–water partition coefficient (Wildman–Crippen LogP) is 2.81. The molecule has 2 aliphatic heterocycles. The summed E-state index contributed by atoms with van der Waals surface area (Å²) in [7, 11) is 1.39. The maximum Gasteiger partial charge on any atom is 0.323 e. The lowest BCUT2D eigenvalue weighted by atomic mass is 10.1. The third kappa shape index (κ3) is 4.71. The molecule has 0 aliphatic carbocycles. The quantitative estimate of drug-likeness (QED) is 0.706. The molecule has 0 spiro atoms. The average Bonchev–Trinajstić information content (AvgIpc) is 2.81. The van der Waals surface area contributed by atoms with Crippen LogP contribution in [0.1, 0.15) is 10.4 Å². The Bertz CT molecular complexity index is 1100. The van der Waals surface area contributed by atoms with Crippen molar-refractivity contribution in [2.75, 3.05) is 50.6 Å². The van der Waals surface area contributed by atoms with Gasteiger partial charge < -0.3 is 29.9 Å². The zero-order valence-corrected chi connectivity index (χ0v) is 18.5. The van der Waals surface area contributed by atoms with E-state index in [9.17, 15) is 18.8 Å². The Morgan fingerprint density at radius 1 is 1.15 bits per heavy atom. The van der Waals surface area contributed by atoms with Crippen LogP contribution in [0.5, 0.6) is 5.75 Å². The van der Waals surface area contributed by atoms with Crippen molar-refractivity contribution in [2.24, 2.45) is 0 Å². The number of rotatable bonds is 4. The number of carbonyl (C=O) groups excluding carboxylic acids is 3. The molecular weight excluding hydrogens is 455 g/mol. The minimum atomic E-state index is -0.683. The SMILES string of the molecule is COc1c(NC(=O)Nc2cccc(F)c2Cl)cccc1C(=O)N1CCN2C(=O)COC[C@H]2C1. The van der Waals surface area contributed by atoms with E-state index in [4.69, 9.17) is 21.1 Å². The van der Waals surface area contributed by atoms with Gasteiger partial charge in [-0.25, -0.2) is 9.18 Å². The highest BCUT2D eigenvalue weighted by atomic mass is 35.5. The van der Waals surface area contributed by atoms with E-state index in [1.165, 1.54) is 25.3 Å². The van der Waals surface area contributed by atoms with E-state index in [0.29, 0.717) is 26.2 Å². The molecular formula is C22H22ClFN4O5. The molecule has 2 N–H and O–H groups in total. The minimum Gasteiger partial charge on any atom is -0.494 e. The van der Waals surface area contributed by atoms with Crippen LogP contribution in [0.4, 0.5) is 20.6 Å². The standard InChI is InChI=1S/C22H22ClFN4O5/c1-32-20-14(21(30)27-8-9-28-13(10-27)11-33-12-18(28)29)4-2-7-17(20)26-22(31)25-16-6-3-5-15(24)19(16)23/h2-7,13H,8-12H2,1H3,(H2,25,26,31)/t13-/m1/s1. The maximum atomic E-state index is 13.6. The molecule has 0 bridgehead atoms. The largest absolute Gasteiger partial charge is 0.494 e. The Morgan fingerprint density at radius 2 is 1.88 bits per heavy atom. The molecule has 2 saturated heterocycles. The van der Waals surface area contributed by atoms with E-state index in [-0.39, 0.29) is 52.2 Å². The predicted molar refractivity (Wildman–Crippen MR) is 119 cm³/mol.